The topological polar surface area (TPSA) is 25.8 Å². The van der Waals surface area contributed by atoms with Crippen LogP contribution in [0.3, 0.4) is 0 Å². The quantitative estimate of drug-likeness (QED) is 0.729. The van der Waals surface area contributed by atoms with E-state index in [0.29, 0.717) is 5.15 Å². The van der Waals surface area contributed by atoms with Crippen molar-refractivity contribution in [3.63, 3.8) is 0 Å². The van der Waals surface area contributed by atoms with E-state index < -0.39 is 0 Å². The largest absolute Gasteiger partial charge is 0.233 e. The van der Waals surface area contributed by atoms with Gasteiger partial charge in [-0.05, 0) is 49.9 Å². The molecule has 1 aliphatic carbocycles. The SMILES string of the molecule is Cc1cc(Br)ccc1-c1nc(Cl)c2c(n1)CCC2. The van der Waals surface area contributed by atoms with Gasteiger partial charge in [-0.1, -0.05) is 27.5 Å². The van der Waals surface area contributed by atoms with E-state index in [1.807, 2.05) is 12.1 Å². The molecule has 0 saturated carbocycles. The third-order valence-electron chi connectivity index (χ3n) is 3.31. The molecule has 1 aliphatic rings. The van der Waals surface area contributed by atoms with Crippen LogP contribution in [-0.2, 0) is 12.8 Å². The van der Waals surface area contributed by atoms with E-state index in [1.54, 1.807) is 0 Å². The number of hydrogen-bond acceptors (Lipinski definition) is 2. The number of hydrogen-bond donors (Lipinski definition) is 0. The molecule has 1 heterocycles. The second-order valence-electron chi connectivity index (χ2n) is 4.58. The van der Waals surface area contributed by atoms with Gasteiger partial charge in [0.25, 0.3) is 0 Å². The lowest BCUT2D eigenvalue weighted by molar-refractivity contribution is 0.900. The highest BCUT2D eigenvalue weighted by molar-refractivity contribution is 9.10. The zero-order valence-corrected chi connectivity index (χ0v) is 12.3. The van der Waals surface area contributed by atoms with Gasteiger partial charge in [0, 0.05) is 21.3 Å². The average Bonchev–Trinajstić information content (AvgIpc) is 2.77. The second kappa shape index (κ2) is 4.63. The fourth-order valence-electron chi connectivity index (χ4n) is 2.39. The van der Waals surface area contributed by atoms with E-state index in [2.05, 4.69) is 38.9 Å². The van der Waals surface area contributed by atoms with Crippen LogP contribution in [0.15, 0.2) is 22.7 Å². The van der Waals surface area contributed by atoms with E-state index in [4.69, 9.17) is 11.6 Å². The first kappa shape index (κ1) is 12.1. The maximum Gasteiger partial charge on any atom is 0.161 e. The Morgan fingerprint density at radius 3 is 2.83 bits per heavy atom. The van der Waals surface area contributed by atoms with Crippen molar-refractivity contribution in [1.29, 1.82) is 0 Å². The van der Waals surface area contributed by atoms with Crippen LogP contribution in [0.5, 0.6) is 0 Å². The summed E-state index contributed by atoms with van der Waals surface area (Å²) in [7, 11) is 0. The molecule has 2 nitrogen and oxygen atoms in total. The highest BCUT2D eigenvalue weighted by atomic mass is 79.9. The molecule has 92 valence electrons. The second-order valence-corrected chi connectivity index (χ2v) is 5.85. The molecule has 0 atom stereocenters. The van der Waals surface area contributed by atoms with Crippen molar-refractivity contribution < 1.29 is 0 Å². The monoisotopic (exact) mass is 322 g/mol. The molecule has 0 unspecified atom stereocenters. The zero-order valence-electron chi connectivity index (χ0n) is 10.0. The summed E-state index contributed by atoms with van der Waals surface area (Å²) < 4.78 is 1.07. The number of nitrogens with zero attached hydrogens (tertiary/aromatic N) is 2. The number of rotatable bonds is 1. The van der Waals surface area contributed by atoms with Gasteiger partial charge in [-0.2, -0.15) is 0 Å². The Balaban J connectivity index is 2.15. The average molecular weight is 324 g/mol. The molecule has 0 radical (unpaired) electrons. The summed E-state index contributed by atoms with van der Waals surface area (Å²) in [4.78, 5) is 9.11. The van der Waals surface area contributed by atoms with Gasteiger partial charge in [-0.15, -0.1) is 0 Å². The van der Waals surface area contributed by atoms with Gasteiger partial charge < -0.3 is 0 Å². The van der Waals surface area contributed by atoms with Gasteiger partial charge in [0.05, 0.1) is 0 Å². The third-order valence-corrected chi connectivity index (χ3v) is 4.12. The molecular formula is C14H12BrClN2. The molecule has 4 heteroatoms. The lowest BCUT2D eigenvalue weighted by Gasteiger charge is -2.08. The normalized spacial score (nSPS) is 13.7. The van der Waals surface area contributed by atoms with E-state index in [9.17, 15) is 0 Å². The maximum atomic E-state index is 6.25. The molecule has 0 amide bonds. The van der Waals surface area contributed by atoms with Crippen LogP contribution in [0, 0.1) is 6.92 Å². The number of aromatic nitrogens is 2. The number of aryl methyl sites for hydroxylation is 2. The van der Waals surface area contributed by atoms with Crippen molar-refractivity contribution in [3.05, 3.63) is 44.6 Å². The van der Waals surface area contributed by atoms with Crippen LogP contribution >= 0.6 is 27.5 Å². The molecule has 1 aromatic carbocycles. The van der Waals surface area contributed by atoms with Crippen LogP contribution in [0.1, 0.15) is 23.2 Å². The van der Waals surface area contributed by atoms with Crippen LogP contribution in [-0.4, -0.2) is 9.97 Å². The summed E-state index contributed by atoms with van der Waals surface area (Å²) in [6.45, 7) is 2.06. The van der Waals surface area contributed by atoms with Gasteiger partial charge >= 0.3 is 0 Å². The molecule has 1 aromatic heterocycles. The smallest absolute Gasteiger partial charge is 0.161 e. The molecule has 0 fully saturated rings. The summed E-state index contributed by atoms with van der Waals surface area (Å²) in [5, 5.41) is 0.620. The van der Waals surface area contributed by atoms with Crippen molar-refractivity contribution in [2.45, 2.75) is 26.2 Å². The first-order valence-electron chi connectivity index (χ1n) is 5.97. The summed E-state index contributed by atoms with van der Waals surface area (Å²) in [5.41, 5.74) is 4.45. The predicted molar refractivity (Wildman–Crippen MR) is 76.9 cm³/mol. The van der Waals surface area contributed by atoms with Crippen molar-refractivity contribution in [2.24, 2.45) is 0 Å². The lowest BCUT2D eigenvalue weighted by Crippen LogP contribution is -1.98. The van der Waals surface area contributed by atoms with Crippen LogP contribution in [0.4, 0.5) is 0 Å². The third kappa shape index (κ3) is 2.06. The first-order valence-corrected chi connectivity index (χ1v) is 7.14. The Morgan fingerprint density at radius 2 is 2.06 bits per heavy atom. The molecule has 0 saturated heterocycles. The van der Waals surface area contributed by atoms with Crippen molar-refractivity contribution in [3.8, 4) is 11.4 Å². The minimum Gasteiger partial charge on any atom is -0.233 e. The van der Waals surface area contributed by atoms with Gasteiger partial charge in [0.15, 0.2) is 5.82 Å². The maximum absolute atomic E-state index is 6.25. The minimum atomic E-state index is 0.620. The molecule has 0 spiro atoms. The van der Waals surface area contributed by atoms with E-state index in [1.165, 1.54) is 0 Å². The highest BCUT2D eigenvalue weighted by Crippen LogP contribution is 2.30. The molecule has 0 N–H and O–H groups in total. The molecule has 2 aromatic rings. The Bertz CT molecular complexity index is 625. The van der Waals surface area contributed by atoms with E-state index >= 15 is 0 Å². The highest BCUT2D eigenvalue weighted by Gasteiger charge is 2.19. The molecular weight excluding hydrogens is 312 g/mol. The van der Waals surface area contributed by atoms with Crippen LogP contribution < -0.4 is 0 Å². The van der Waals surface area contributed by atoms with E-state index in [-0.39, 0.29) is 0 Å². The first-order chi connectivity index (χ1) is 8.65. The van der Waals surface area contributed by atoms with Gasteiger partial charge in [-0.25, -0.2) is 9.97 Å². The molecule has 0 bridgehead atoms. The number of halogens is 2. The lowest BCUT2D eigenvalue weighted by atomic mass is 10.1. The summed E-state index contributed by atoms with van der Waals surface area (Å²) >= 11 is 9.71. The van der Waals surface area contributed by atoms with Crippen LogP contribution in [0.25, 0.3) is 11.4 Å². The Kier molecular flexibility index (Phi) is 3.12. The fraction of sp³-hybridized carbons (Fsp3) is 0.286. The minimum absolute atomic E-state index is 0.620. The number of benzene rings is 1. The summed E-state index contributed by atoms with van der Waals surface area (Å²) in [6.07, 6.45) is 3.15. The summed E-state index contributed by atoms with van der Waals surface area (Å²) in [5.74, 6) is 0.741. The van der Waals surface area contributed by atoms with Crippen molar-refractivity contribution in [1.82, 2.24) is 9.97 Å². The summed E-state index contributed by atoms with van der Waals surface area (Å²) in [6, 6.07) is 6.11. The van der Waals surface area contributed by atoms with Gasteiger partial charge in [0.2, 0.25) is 0 Å². The van der Waals surface area contributed by atoms with Gasteiger partial charge in [-0.3, -0.25) is 0 Å². The van der Waals surface area contributed by atoms with Crippen molar-refractivity contribution >= 4 is 27.5 Å². The van der Waals surface area contributed by atoms with E-state index in [0.717, 1.165) is 51.9 Å². The van der Waals surface area contributed by atoms with Gasteiger partial charge in [0.1, 0.15) is 5.15 Å². The fourth-order valence-corrected chi connectivity index (χ4v) is 3.14. The van der Waals surface area contributed by atoms with Crippen LogP contribution in [0.2, 0.25) is 5.15 Å². The molecule has 0 aliphatic heterocycles. The number of fused-ring (bicyclic) bond motifs is 1. The predicted octanol–water partition coefficient (Wildman–Crippen LogP) is 4.36. The Labute approximate surface area is 120 Å². The molecule has 3 rings (SSSR count). The van der Waals surface area contributed by atoms with Crippen molar-refractivity contribution in [2.75, 3.05) is 0 Å². The zero-order chi connectivity index (χ0) is 12.7. The Morgan fingerprint density at radius 1 is 1.22 bits per heavy atom. The Hall–Kier alpha value is -0.930. The molecule has 18 heavy (non-hydrogen) atoms. The standard InChI is InChI=1S/C14H12BrClN2/c1-8-7-9(15)5-6-10(8)14-17-12-4-2-3-11(12)13(16)18-14/h5-7H,2-4H2,1H3.